The summed E-state index contributed by atoms with van der Waals surface area (Å²) in [6.07, 6.45) is 0.429. The highest BCUT2D eigenvalue weighted by Crippen LogP contribution is 2.24. The highest BCUT2D eigenvalue weighted by atomic mass is 35.5. The van der Waals surface area contributed by atoms with E-state index in [4.69, 9.17) is 16.7 Å². The van der Waals surface area contributed by atoms with Gasteiger partial charge in [0.1, 0.15) is 0 Å². The normalized spacial score (nSPS) is 9.86. The zero-order valence-corrected chi connectivity index (χ0v) is 13.0. The number of aryl methyl sites for hydroxylation is 1. The second-order valence-corrected chi connectivity index (χ2v) is 5.87. The van der Waals surface area contributed by atoms with Gasteiger partial charge in [0.25, 0.3) is 5.91 Å². The maximum atomic E-state index is 12.1. The number of anilines is 1. The molecule has 0 aliphatic rings. The Labute approximate surface area is 132 Å². The zero-order chi connectivity index (χ0) is 15.2. The molecule has 0 atom stereocenters. The fourth-order valence-electron chi connectivity index (χ4n) is 1.64. The lowest BCUT2D eigenvalue weighted by Gasteiger charge is -2.06. The van der Waals surface area contributed by atoms with Gasteiger partial charge in [-0.15, -0.1) is 11.3 Å². The third-order valence-electron chi connectivity index (χ3n) is 2.65. The number of hydrogen-bond acceptors (Lipinski definition) is 3. The highest BCUT2D eigenvalue weighted by molar-refractivity contribution is 7.14. The third kappa shape index (κ3) is 4.33. The summed E-state index contributed by atoms with van der Waals surface area (Å²) < 4.78 is 0. The van der Waals surface area contributed by atoms with Crippen LogP contribution in [0.2, 0.25) is 5.02 Å². The molecule has 2 N–H and O–H groups in total. The Morgan fingerprint density at radius 2 is 2.19 bits per heavy atom. The van der Waals surface area contributed by atoms with Crippen LogP contribution in [0.3, 0.4) is 0 Å². The Hall–Kier alpha value is -1.80. The molecule has 3 nitrogen and oxygen atoms in total. The lowest BCUT2D eigenvalue weighted by molar-refractivity contribution is 0.103. The van der Waals surface area contributed by atoms with E-state index in [2.05, 4.69) is 17.2 Å². The molecule has 0 aliphatic heterocycles. The molecule has 2 rings (SSSR count). The number of rotatable bonds is 3. The predicted molar refractivity (Wildman–Crippen MR) is 87.0 cm³/mol. The van der Waals surface area contributed by atoms with Gasteiger partial charge in [0.2, 0.25) is 0 Å². The zero-order valence-electron chi connectivity index (χ0n) is 11.4. The maximum Gasteiger partial charge on any atom is 0.265 e. The first-order valence-corrected chi connectivity index (χ1v) is 7.56. The Kier molecular flexibility index (Phi) is 5.40. The first kappa shape index (κ1) is 15.6. The Morgan fingerprint density at radius 1 is 1.38 bits per heavy atom. The first-order chi connectivity index (χ1) is 10.1. The average molecular weight is 320 g/mol. The lowest BCUT2D eigenvalue weighted by Crippen LogP contribution is -2.10. The van der Waals surface area contributed by atoms with Gasteiger partial charge < -0.3 is 10.4 Å². The van der Waals surface area contributed by atoms with Crippen LogP contribution in [-0.4, -0.2) is 17.6 Å². The molecule has 21 heavy (non-hydrogen) atoms. The molecule has 5 heteroatoms. The number of carbonyl (C=O) groups is 1. The van der Waals surface area contributed by atoms with E-state index >= 15 is 0 Å². The molecule has 0 saturated carbocycles. The summed E-state index contributed by atoms with van der Waals surface area (Å²) >= 11 is 7.40. The van der Waals surface area contributed by atoms with E-state index in [0.29, 0.717) is 22.0 Å². The standard InChI is InChI=1S/C16H14ClNO2S/c1-11-5-7-14(13(17)10-11)18-16(20)15-8-6-12(21-15)4-2-3-9-19/h5-8,10,19H,3,9H2,1H3,(H,18,20). The summed E-state index contributed by atoms with van der Waals surface area (Å²) in [6, 6.07) is 9.00. The Balaban J connectivity index is 2.09. The summed E-state index contributed by atoms with van der Waals surface area (Å²) in [7, 11) is 0. The molecule has 0 radical (unpaired) electrons. The molecule has 1 aromatic heterocycles. The number of thiophene rings is 1. The number of halogens is 1. The average Bonchev–Trinajstić information content (AvgIpc) is 2.91. The largest absolute Gasteiger partial charge is 0.395 e. The van der Waals surface area contributed by atoms with Crippen LogP contribution < -0.4 is 5.32 Å². The van der Waals surface area contributed by atoms with Gasteiger partial charge in [-0.3, -0.25) is 4.79 Å². The van der Waals surface area contributed by atoms with E-state index in [0.717, 1.165) is 10.4 Å². The van der Waals surface area contributed by atoms with Crippen molar-refractivity contribution in [3.8, 4) is 11.8 Å². The Morgan fingerprint density at radius 3 is 2.90 bits per heavy atom. The van der Waals surface area contributed by atoms with E-state index in [1.807, 2.05) is 13.0 Å². The second-order valence-electron chi connectivity index (χ2n) is 4.38. The molecule has 1 amide bonds. The van der Waals surface area contributed by atoms with Gasteiger partial charge in [-0.2, -0.15) is 0 Å². The fraction of sp³-hybridized carbons (Fsp3) is 0.188. The molecule has 0 aliphatic carbocycles. The summed E-state index contributed by atoms with van der Waals surface area (Å²) in [5, 5.41) is 12.0. The molecule has 0 unspecified atom stereocenters. The Bertz CT molecular complexity index is 713. The topological polar surface area (TPSA) is 49.3 Å². The van der Waals surface area contributed by atoms with E-state index in [9.17, 15) is 4.79 Å². The van der Waals surface area contributed by atoms with Crippen LogP contribution in [0.5, 0.6) is 0 Å². The van der Waals surface area contributed by atoms with Crippen molar-refractivity contribution < 1.29 is 9.90 Å². The molecule has 0 saturated heterocycles. The third-order valence-corrected chi connectivity index (χ3v) is 3.96. The number of aliphatic hydroxyl groups excluding tert-OH is 1. The van der Waals surface area contributed by atoms with Crippen LogP contribution >= 0.6 is 22.9 Å². The lowest BCUT2D eigenvalue weighted by atomic mass is 10.2. The first-order valence-electron chi connectivity index (χ1n) is 6.37. The van der Waals surface area contributed by atoms with Crippen molar-refractivity contribution in [3.05, 3.63) is 50.7 Å². The minimum absolute atomic E-state index is 0.0393. The number of hydrogen-bond donors (Lipinski definition) is 2. The van der Waals surface area contributed by atoms with Crippen LogP contribution in [0.4, 0.5) is 5.69 Å². The minimum atomic E-state index is -0.207. The highest BCUT2D eigenvalue weighted by Gasteiger charge is 2.10. The molecule has 1 aromatic carbocycles. The molecule has 1 heterocycles. The van der Waals surface area contributed by atoms with E-state index in [1.165, 1.54) is 11.3 Å². The maximum absolute atomic E-state index is 12.1. The van der Waals surface area contributed by atoms with Crippen LogP contribution in [-0.2, 0) is 0 Å². The number of aliphatic hydroxyl groups is 1. The van der Waals surface area contributed by atoms with Crippen molar-refractivity contribution in [3.63, 3.8) is 0 Å². The summed E-state index contributed by atoms with van der Waals surface area (Å²) in [4.78, 5) is 13.5. The molecule has 108 valence electrons. The smallest absolute Gasteiger partial charge is 0.265 e. The van der Waals surface area contributed by atoms with E-state index in [1.54, 1.807) is 24.3 Å². The van der Waals surface area contributed by atoms with Crippen molar-refractivity contribution in [2.75, 3.05) is 11.9 Å². The molecule has 0 bridgehead atoms. The summed E-state index contributed by atoms with van der Waals surface area (Å²) in [6.45, 7) is 1.98. The van der Waals surface area contributed by atoms with Gasteiger partial charge in [0.15, 0.2) is 0 Å². The minimum Gasteiger partial charge on any atom is -0.395 e. The van der Waals surface area contributed by atoms with Crippen molar-refractivity contribution in [1.82, 2.24) is 0 Å². The van der Waals surface area contributed by atoms with Crippen LogP contribution in [0, 0.1) is 18.8 Å². The number of benzene rings is 1. The second kappa shape index (κ2) is 7.28. The predicted octanol–water partition coefficient (Wildman–Crippen LogP) is 3.70. The van der Waals surface area contributed by atoms with E-state index in [-0.39, 0.29) is 12.5 Å². The molecular weight excluding hydrogens is 306 g/mol. The van der Waals surface area contributed by atoms with Gasteiger partial charge in [-0.25, -0.2) is 0 Å². The van der Waals surface area contributed by atoms with Gasteiger partial charge >= 0.3 is 0 Å². The van der Waals surface area contributed by atoms with E-state index < -0.39 is 0 Å². The molecule has 2 aromatic rings. The van der Waals surface area contributed by atoms with Crippen molar-refractivity contribution >= 4 is 34.5 Å². The monoisotopic (exact) mass is 319 g/mol. The molecule has 0 fully saturated rings. The van der Waals surface area contributed by atoms with Gasteiger partial charge in [-0.1, -0.05) is 29.5 Å². The van der Waals surface area contributed by atoms with Crippen molar-refractivity contribution in [2.24, 2.45) is 0 Å². The summed E-state index contributed by atoms with van der Waals surface area (Å²) in [5.41, 5.74) is 1.63. The molecular formula is C16H14ClNO2S. The molecule has 0 spiro atoms. The van der Waals surface area contributed by atoms with Crippen LogP contribution in [0.25, 0.3) is 0 Å². The number of amides is 1. The van der Waals surface area contributed by atoms with Crippen molar-refractivity contribution in [1.29, 1.82) is 0 Å². The quantitative estimate of drug-likeness (QED) is 0.848. The summed E-state index contributed by atoms with van der Waals surface area (Å²) in [5.74, 6) is 5.52. The van der Waals surface area contributed by atoms with Gasteiger partial charge in [0.05, 0.1) is 27.1 Å². The van der Waals surface area contributed by atoms with Gasteiger partial charge in [-0.05, 0) is 36.8 Å². The van der Waals surface area contributed by atoms with Crippen LogP contribution in [0.1, 0.15) is 26.5 Å². The number of nitrogens with one attached hydrogen (secondary N) is 1. The van der Waals surface area contributed by atoms with Crippen molar-refractivity contribution in [2.45, 2.75) is 13.3 Å². The van der Waals surface area contributed by atoms with Gasteiger partial charge in [0, 0.05) is 6.42 Å². The fourth-order valence-corrected chi connectivity index (χ4v) is 2.70. The number of carbonyl (C=O) groups excluding carboxylic acids is 1. The SMILES string of the molecule is Cc1ccc(NC(=O)c2ccc(C#CCCO)s2)c(Cl)c1. The van der Waals surface area contributed by atoms with Crippen LogP contribution in [0.15, 0.2) is 30.3 Å².